The van der Waals surface area contributed by atoms with Crippen molar-refractivity contribution in [2.45, 2.75) is 32.3 Å². The summed E-state index contributed by atoms with van der Waals surface area (Å²) < 4.78 is 16.8. The number of esters is 1. The van der Waals surface area contributed by atoms with Gasteiger partial charge in [0.05, 0.1) is 24.3 Å². The van der Waals surface area contributed by atoms with E-state index < -0.39 is 0 Å². The van der Waals surface area contributed by atoms with Crippen LogP contribution in [0.15, 0.2) is 22.7 Å². The molecule has 0 aromatic heterocycles. The molecule has 2 rings (SSSR count). The molecule has 0 fully saturated rings. The van der Waals surface area contributed by atoms with Gasteiger partial charge in [-0.15, -0.1) is 0 Å². The number of fused-ring (bicyclic) bond motifs is 1. The molecule has 1 aliphatic heterocycles. The molecular weight excluding hydrogens is 378 g/mol. The first-order chi connectivity index (χ1) is 11.3. The average Bonchev–Trinajstić information content (AvgIpc) is 2.54. The highest BCUT2D eigenvalue weighted by atomic mass is 79.9. The lowest BCUT2D eigenvalue weighted by atomic mass is 10.1. The molecule has 0 spiro atoms. The van der Waals surface area contributed by atoms with Gasteiger partial charge in [-0.25, -0.2) is 0 Å². The summed E-state index contributed by atoms with van der Waals surface area (Å²) in [5.74, 6) is 0.122. The molecule has 0 saturated carbocycles. The number of carbonyl (C=O) groups is 2. The average molecular weight is 400 g/mol. The van der Waals surface area contributed by atoms with E-state index in [2.05, 4.69) is 15.9 Å². The quantitative estimate of drug-likeness (QED) is 0.659. The number of hydrogen-bond acceptors (Lipinski definition) is 5. The maximum absolute atomic E-state index is 12.1. The molecule has 1 aliphatic rings. The molecule has 24 heavy (non-hydrogen) atoms. The minimum Gasteiger partial charge on any atom is -0.482 e. The molecule has 1 aromatic carbocycles. The zero-order chi connectivity index (χ0) is 17.7. The lowest BCUT2D eigenvalue weighted by Crippen LogP contribution is -2.40. The highest BCUT2D eigenvalue weighted by molar-refractivity contribution is 9.10. The zero-order valence-corrected chi connectivity index (χ0v) is 15.7. The predicted molar refractivity (Wildman–Crippen MR) is 93.3 cm³/mol. The standard InChI is InChI=1S/C17H22BrNO5/c1-17(2,22-3)7-9-23-16(21)6-8-19-13-5-4-12(18)10-14(13)24-11-15(19)20/h4-5,10H,6-9,11H2,1-3H3. The van der Waals surface area contributed by atoms with Gasteiger partial charge in [-0.1, -0.05) is 15.9 Å². The van der Waals surface area contributed by atoms with Crippen molar-refractivity contribution in [2.24, 2.45) is 0 Å². The second-order valence-corrected chi connectivity index (χ2v) is 7.05. The minimum atomic E-state index is -0.333. The summed E-state index contributed by atoms with van der Waals surface area (Å²) in [6.45, 7) is 4.40. The van der Waals surface area contributed by atoms with E-state index in [0.29, 0.717) is 24.5 Å². The van der Waals surface area contributed by atoms with Gasteiger partial charge in [-0.2, -0.15) is 0 Å². The van der Waals surface area contributed by atoms with Crippen molar-refractivity contribution in [2.75, 3.05) is 31.8 Å². The Hall–Kier alpha value is -1.60. The van der Waals surface area contributed by atoms with Gasteiger partial charge >= 0.3 is 5.97 Å². The number of carbonyl (C=O) groups excluding carboxylic acids is 2. The Labute approximate surface area is 150 Å². The van der Waals surface area contributed by atoms with Crippen molar-refractivity contribution >= 4 is 33.5 Å². The van der Waals surface area contributed by atoms with E-state index in [9.17, 15) is 9.59 Å². The van der Waals surface area contributed by atoms with Crippen LogP contribution in [0.25, 0.3) is 0 Å². The van der Waals surface area contributed by atoms with Crippen molar-refractivity contribution in [3.05, 3.63) is 22.7 Å². The molecule has 0 bridgehead atoms. The molecule has 0 atom stereocenters. The van der Waals surface area contributed by atoms with Crippen molar-refractivity contribution in [1.82, 2.24) is 0 Å². The summed E-state index contributed by atoms with van der Waals surface area (Å²) in [5.41, 5.74) is 0.343. The largest absolute Gasteiger partial charge is 0.482 e. The van der Waals surface area contributed by atoms with Crippen LogP contribution in [0.1, 0.15) is 26.7 Å². The fraction of sp³-hybridized carbons (Fsp3) is 0.529. The van der Waals surface area contributed by atoms with E-state index >= 15 is 0 Å². The molecule has 1 heterocycles. The van der Waals surface area contributed by atoms with Crippen LogP contribution in [-0.4, -0.2) is 44.3 Å². The second kappa shape index (κ2) is 7.98. The van der Waals surface area contributed by atoms with Gasteiger partial charge in [0.2, 0.25) is 0 Å². The zero-order valence-electron chi connectivity index (χ0n) is 14.1. The Morgan fingerprint density at radius 1 is 1.42 bits per heavy atom. The third kappa shape index (κ3) is 4.95. The van der Waals surface area contributed by atoms with E-state index in [-0.39, 0.29) is 37.0 Å². The summed E-state index contributed by atoms with van der Waals surface area (Å²) in [4.78, 5) is 25.5. The number of rotatable bonds is 7. The van der Waals surface area contributed by atoms with E-state index in [1.807, 2.05) is 19.9 Å². The Kier molecular flexibility index (Phi) is 6.23. The highest BCUT2D eigenvalue weighted by Gasteiger charge is 2.26. The van der Waals surface area contributed by atoms with Gasteiger partial charge in [-0.05, 0) is 32.0 Å². The summed E-state index contributed by atoms with van der Waals surface area (Å²) in [6.07, 6.45) is 0.747. The monoisotopic (exact) mass is 399 g/mol. The van der Waals surface area contributed by atoms with Crippen LogP contribution < -0.4 is 9.64 Å². The number of nitrogens with zero attached hydrogens (tertiary/aromatic N) is 1. The van der Waals surface area contributed by atoms with Crippen molar-refractivity contribution in [3.63, 3.8) is 0 Å². The molecule has 0 saturated heterocycles. The van der Waals surface area contributed by atoms with Gasteiger partial charge in [0.15, 0.2) is 6.61 Å². The third-order valence-corrected chi connectivity index (χ3v) is 4.42. The highest BCUT2D eigenvalue weighted by Crippen LogP contribution is 2.34. The van der Waals surface area contributed by atoms with Gasteiger partial charge in [0, 0.05) is 24.5 Å². The fourth-order valence-electron chi connectivity index (χ4n) is 2.21. The molecule has 0 aliphatic carbocycles. The van der Waals surface area contributed by atoms with Crippen molar-refractivity contribution in [3.8, 4) is 5.75 Å². The van der Waals surface area contributed by atoms with E-state index in [1.165, 1.54) is 0 Å². The van der Waals surface area contributed by atoms with Crippen molar-refractivity contribution < 1.29 is 23.8 Å². The summed E-state index contributed by atoms with van der Waals surface area (Å²) in [5, 5.41) is 0. The van der Waals surface area contributed by atoms with Crippen LogP contribution in [0.2, 0.25) is 0 Å². The van der Waals surface area contributed by atoms with E-state index in [0.717, 1.165) is 4.47 Å². The van der Waals surface area contributed by atoms with E-state index in [4.69, 9.17) is 14.2 Å². The maximum Gasteiger partial charge on any atom is 0.307 e. The molecule has 0 radical (unpaired) electrons. The van der Waals surface area contributed by atoms with Gasteiger partial charge in [-0.3, -0.25) is 9.59 Å². The van der Waals surface area contributed by atoms with Crippen LogP contribution in [0.3, 0.4) is 0 Å². The summed E-state index contributed by atoms with van der Waals surface area (Å²) in [7, 11) is 1.63. The molecule has 7 heteroatoms. The van der Waals surface area contributed by atoms with E-state index in [1.54, 1.807) is 24.1 Å². The number of ether oxygens (including phenoxy) is 3. The number of amides is 1. The molecule has 132 valence electrons. The normalized spacial score (nSPS) is 14.2. The van der Waals surface area contributed by atoms with Crippen LogP contribution in [0.4, 0.5) is 5.69 Å². The lowest BCUT2D eigenvalue weighted by molar-refractivity contribution is -0.145. The number of anilines is 1. The Bertz CT molecular complexity index is 617. The molecule has 1 aromatic rings. The molecular formula is C17H22BrNO5. The first-order valence-electron chi connectivity index (χ1n) is 7.76. The lowest BCUT2D eigenvalue weighted by Gasteiger charge is -2.29. The number of halogens is 1. The first kappa shape index (κ1) is 18.7. The van der Waals surface area contributed by atoms with Crippen LogP contribution in [-0.2, 0) is 19.1 Å². The molecule has 1 amide bonds. The minimum absolute atomic E-state index is 0.0273. The molecule has 6 nitrogen and oxygen atoms in total. The summed E-state index contributed by atoms with van der Waals surface area (Å²) in [6, 6.07) is 5.43. The SMILES string of the molecule is COC(C)(C)CCOC(=O)CCN1C(=O)COc2cc(Br)ccc21. The Morgan fingerprint density at radius 2 is 2.17 bits per heavy atom. The predicted octanol–water partition coefficient (Wildman–Crippen LogP) is 2.92. The first-order valence-corrected chi connectivity index (χ1v) is 8.55. The van der Waals surface area contributed by atoms with Crippen molar-refractivity contribution in [1.29, 1.82) is 0 Å². The topological polar surface area (TPSA) is 65.1 Å². The fourth-order valence-corrected chi connectivity index (χ4v) is 2.55. The molecule has 0 unspecified atom stereocenters. The second-order valence-electron chi connectivity index (χ2n) is 6.13. The number of benzene rings is 1. The molecule has 0 N–H and O–H groups in total. The van der Waals surface area contributed by atoms with Gasteiger partial charge < -0.3 is 19.1 Å². The van der Waals surface area contributed by atoms with Gasteiger partial charge in [0.1, 0.15) is 5.75 Å². The van der Waals surface area contributed by atoms with Crippen LogP contribution in [0, 0.1) is 0 Å². The Morgan fingerprint density at radius 3 is 2.88 bits per heavy atom. The number of methoxy groups -OCH3 is 1. The summed E-state index contributed by atoms with van der Waals surface area (Å²) >= 11 is 3.37. The smallest absolute Gasteiger partial charge is 0.307 e. The van der Waals surface area contributed by atoms with Gasteiger partial charge in [0.25, 0.3) is 5.91 Å². The van der Waals surface area contributed by atoms with Crippen LogP contribution >= 0.6 is 15.9 Å². The third-order valence-electron chi connectivity index (χ3n) is 3.92. The van der Waals surface area contributed by atoms with Crippen LogP contribution in [0.5, 0.6) is 5.75 Å². The maximum atomic E-state index is 12.1. The number of hydrogen-bond donors (Lipinski definition) is 0. The Balaban J connectivity index is 1.88.